The van der Waals surface area contributed by atoms with Gasteiger partial charge < -0.3 is 20.1 Å². The highest BCUT2D eigenvalue weighted by Crippen LogP contribution is 2.36. The fourth-order valence-corrected chi connectivity index (χ4v) is 4.84. The molecule has 0 radical (unpaired) electrons. The van der Waals surface area contributed by atoms with Crippen LogP contribution in [0.25, 0.3) is 22.2 Å². The van der Waals surface area contributed by atoms with E-state index in [-0.39, 0.29) is 17.0 Å². The molecule has 0 aliphatic carbocycles. The number of likely N-dealkylation sites (N-methyl/N-ethyl adjacent to an activating group) is 1. The van der Waals surface area contributed by atoms with Crippen LogP contribution >= 0.6 is 0 Å². The van der Waals surface area contributed by atoms with E-state index < -0.39 is 0 Å². The van der Waals surface area contributed by atoms with Crippen LogP contribution in [-0.2, 0) is 6.54 Å². The third-order valence-electron chi connectivity index (χ3n) is 6.57. The van der Waals surface area contributed by atoms with Crippen molar-refractivity contribution in [2.75, 3.05) is 43.4 Å². The number of rotatable bonds is 3. The molecule has 0 saturated carbocycles. The van der Waals surface area contributed by atoms with Gasteiger partial charge in [0, 0.05) is 60.1 Å². The lowest BCUT2D eigenvalue weighted by Gasteiger charge is -2.34. The number of aromatic nitrogens is 3. The Bertz CT molecular complexity index is 1200. The lowest BCUT2D eigenvalue weighted by Crippen LogP contribution is -2.44. The van der Waals surface area contributed by atoms with Gasteiger partial charge in [-0.25, -0.2) is 4.98 Å². The summed E-state index contributed by atoms with van der Waals surface area (Å²) in [5.74, 6) is 0.751. The monoisotopic (exact) mass is 420 g/mol. The van der Waals surface area contributed by atoms with Crippen molar-refractivity contribution in [3.05, 3.63) is 40.3 Å². The maximum Gasteiger partial charge on any atom is 0.259 e. The molecule has 31 heavy (non-hydrogen) atoms. The van der Waals surface area contributed by atoms with E-state index in [0.717, 1.165) is 53.9 Å². The minimum absolute atomic E-state index is 0.0673. The topological polar surface area (TPSA) is 69.2 Å². The summed E-state index contributed by atoms with van der Waals surface area (Å²) in [5, 5.41) is 4.55. The molecule has 7 nitrogen and oxygen atoms in total. The maximum absolute atomic E-state index is 13.4. The van der Waals surface area contributed by atoms with Crippen LogP contribution in [0.3, 0.4) is 0 Å². The van der Waals surface area contributed by atoms with E-state index in [1.807, 2.05) is 6.20 Å². The molecule has 3 aromatic rings. The first kappa shape index (κ1) is 20.1. The van der Waals surface area contributed by atoms with Crippen molar-refractivity contribution >= 4 is 22.5 Å². The van der Waals surface area contributed by atoms with Gasteiger partial charge in [-0.2, -0.15) is 0 Å². The fraction of sp³-hybridized carbons (Fsp3) is 0.500. The second-order valence-electron chi connectivity index (χ2n) is 9.98. The lowest BCUT2D eigenvalue weighted by atomic mass is 9.97. The number of piperazine rings is 1. The predicted molar refractivity (Wildman–Crippen MR) is 127 cm³/mol. The van der Waals surface area contributed by atoms with Gasteiger partial charge in [0.2, 0.25) is 5.95 Å². The number of hydrogen-bond acceptors (Lipinski definition) is 5. The highest BCUT2D eigenvalue weighted by atomic mass is 16.1. The van der Waals surface area contributed by atoms with E-state index in [4.69, 9.17) is 4.98 Å². The molecule has 1 aromatic carbocycles. The number of fused-ring (bicyclic) bond motifs is 2. The van der Waals surface area contributed by atoms with E-state index in [0.29, 0.717) is 12.5 Å². The molecule has 0 amide bonds. The molecular formula is C24H32N6O. The first-order valence-electron chi connectivity index (χ1n) is 11.2. The Balaban J connectivity index is 1.65. The van der Waals surface area contributed by atoms with Gasteiger partial charge in [-0.3, -0.25) is 9.36 Å². The van der Waals surface area contributed by atoms with Crippen molar-refractivity contribution in [2.45, 2.75) is 45.7 Å². The van der Waals surface area contributed by atoms with Crippen LogP contribution in [0.1, 0.15) is 39.2 Å². The summed E-state index contributed by atoms with van der Waals surface area (Å²) in [6.45, 7) is 13.2. The molecule has 5 rings (SSSR count). The van der Waals surface area contributed by atoms with Crippen molar-refractivity contribution in [3.63, 3.8) is 0 Å². The van der Waals surface area contributed by atoms with Crippen molar-refractivity contribution in [3.8, 4) is 11.3 Å². The Kier molecular flexibility index (Phi) is 4.62. The first-order valence-corrected chi connectivity index (χ1v) is 11.2. The van der Waals surface area contributed by atoms with Crippen LogP contribution in [0.5, 0.6) is 0 Å². The van der Waals surface area contributed by atoms with E-state index in [9.17, 15) is 4.79 Å². The third-order valence-corrected chi connectivity index (χ3v) is 6.57. The summed E-state index contributed by atoms with van der Waals surface area (Å²) in [4.78, 5) is 26.6. The summed E-state index contributed by atoms with van der Waals surface area (Å²) < 4.78 is 1.79. The van der Waals surface area contributed by atoms with Gasteiger partial charge in [-0.05, 0) is 45.0 Å². The molecule has 7 heteroatoms. The van der Waals surface area contributed by atoms with Gasteiger partial charge >= 0.3 is 0 Å². The number of aromatic amines is 1. The molecule has 2 aromatic heterocycles. The van der Waals surface area contributed by atoms with Crippen molar-refractivity contribution in [1.29, 1.82) is 0 Å². The molecular weight excluding hydrogens is 388 g/mol. The quantitative estimate of drug-likeness (QED) is 0.679. The third kappa shape index (κ3) is 3.41. The molecule has 0 atom stereocenters. The molecule has 1 saturated heterocycles. The van der Waals surface area contributed by atoms with Gasteiger partial charge in [-0.15, -0.1) is 0 Å². The minimum atomic E-state index is -0.180. The Labute approximate surface area is 183 Å². The summed E-state index contributed by atoms with van der Waals surface area (Å²) in [7, 11) is 2.17. The molecule has 2 aliphatic heterocycles. The highest BCUT2D eigenvalue weighted by Gasteiger charge is 2.32. The van der Waals surface area contributed by atoms with Gasteiger partial charge in [-0.1, -0.05) is 13.8 Å². The number of anilines is 2. The van der Waals surface area contributed by atoms with Crippen LogP contribution in [0.4, 0.5) is 11.6 Å². The van der Waals surface area contributed by atoms with E-state index in [1.165, 1.54) is 5.69 Å². The average molecular weight is 421 g/mol. The zero-order valence-corrected chi connectivity index (χ0v) is 19.1. The number of nitrogens with one attached hydrogen (secondary N) is 2. The number of benzene rings is 1. The van der Waals surface area contributed by atoms with Gasteiger partial charge in [0.05, 0.1) is 17.8 Å². The highest BCUT2D eigenvalue weighted by molar-refractivity contribution is 5.97. The Hall–Kier alpha value is -2.80. The molecule has 0 unspecified atom stereocenters. The van der Waals surface area contributed by atoms with E-state index in [1.54, 1.807) is 4.57 Å². The lowest BCUT2D eigenvalue weighted by molar-refractivity contribution is 0.313. The Morgan fingerprint density at radius 3 is 2.58 bits per heavy atom. The maximum atomic E-state index is 13.4. The summed E-state index contributed by atoms with van der Waals surface area (Å²) in [6, 6.07) is 6.58. The first-order chi connectivity index (χ1) is 14.7. The van der Waals surface area contributed by atoms with E-state index >= 15 is 0 Å². The summed E-state index contributed by atoms with van der Waals surface area (Å²) in [6.07, 6.45) is 2.00. The largest absolute Gasteiger partial charge is 0.369 e. The number of hydrogen-bond donors (Lipinski definition) is 2. The van der Waals surface area contributed by atoms with Gasteiger partial charge in [0.15, 0.2) is 0 Å². The minimum Gasteiger partial charge on any atom is -0.369 e. The molecule has 1 fully saturated rings. The second-order valence-corrected chi connectivity index (χ2v) is 9.98. The normalized spacial score (nSPS) is 18.6. The second kappa shape index (κ2) is 7.12. The fourth-order valence-electron chi connectivity index (χ4n) is 4.84. The smallest absolute Gasteiger partial charge is 0.259 e. The van der Waals surface area contributed by atoms with Crippen LogP contribution in [-0.4, -0.2) is 58.2 Å². The standard InChI is InChI=1S/C24H32N6O/c1-15(2)20-21(26-23-27-24(3,4)14-30(23)22(20)31)18-13-25-19-7-6-16(12-17(18)19)29-10-8-28(5)9-11-29/h6-7,12-13,15,25H,8-11,14H2,1-5H3,(H,26,27). The summed E-state index contributed by atoms with van der Waals surface area (Å²) in [5.41, 5.74) is 4.76. The molecule has 164 valence electrons. The van der Waals surface area contributed by atoms with Crippen LogP contribution < -0.4 is 15.8 Å². The predicted octanol–water partition coefficient (Wildman–Crippen LogP) is 3.47. The molecule has 4 heterocycles. The number of H-pyrrole nitrogens is 1. The van der Waals surface area contributed by atoms with Crippen molar-refractivity contribution < 1.29 is 0 Å². The Morgan fingerprint density at radius 2 is 1.87 bits per heavy atom. The number of nitrogens with zero attached hydrogens (tertiary/aromatic N) is 4. The van der Waals surface area contributed by atoms with Crippen molar-refractivity contribution in [1.82, 2.24) is 19.4 Å². The average Bonchev–Trinajstić information content (AvgIpc) is 3.27. The van der Waals surface area contributed by atoms with Gasteiger partial charge in [0.25, 0.3) is 5.56 Å². The molecule has 0 spiro atoms. The van der Waals surface area contributed by atoms with Crippen LogP contribution in [0.15, 0.2) is 29.2 Å². The SMILES string of the molecule is CC(C)c1c(-c2c[nH]c3ccc(N4CCN(C)CC4)cc23)nc2n(c1=O)CC(C)(C)N2. The summed E-state index contributed by atoms with van der Waals surface area (Å²) >= 11 is 0. The van der Waals surface area contributed by atoms with Crippen LogP contribution in [0, 0.1) is 0 Å². The zero-order valence-electron chi connectivity index (χ0n) is 19.1. The van der Waals surface area contributed by atoms with Crippen LogP contribution in [0.2, 0.25) is 0 Å². The molecule has 2 aliphatic rings. The zero-order chi connectivity index (χ0) is 21.9. The van der Waals surface area contributed by atoms with E-state index in [2.05, 4.69) is 73.0 Å². The Morgan fingerprint density at radius 1 is 1.13 bits per heavy atom. The van der Waals surface area contributed by atoms with Crippen molar-refractivity contribution in [2.24, 2.45) is 0 Å². The molecule has 0 bridgehead atoms. The van der Waals surface area contributed by atoms with Gasteiger partial charge in [0.1, 0.15) is 0 Å². The molecule has 2 N–H and O–H groups in total.